The topological polar surface area (TPSA) is 55.1 Å². The van der Waals surface area contributed by atoms with Gasteiger partial charge in [0.1, 0.15) is 0 Å². The Hall–Kier alpha value is -1.32. The highest BCUT2D eigenvalue weighted by Crippen LogP contribution is 2.25. The Bertz CT molecular complexity index is 398. The van der Waals surface area contributed by atoms with E-state index in [9.17, 15) is 4.79 Å². The lowest BCUT2D eigenvalue weighted by molar-refractivity contribution is 0.0907. The summed E-state index contributed by atoms with van der Waals surface area (Å²) in [6.07, 6.45) is 3.33. The number of aryl methyl sites for hydroxylation is 2. The second kappa shape index (κ2) is 4.28. The maximum Gasteiger partial charge on any atom is 0.289 e. The van der Waals surface area contributed by atoms with Gasteiger partial charge in [0.05, 0.1) is 5.69 Å². The van der Waals surface area contributed by atoms with Crippen molar-refractivity contribution in [3.8, 4) is 0 Å². The van der Waals surface area contributed by atoms with E-state index in [2.05, 4.69) is 17.2 Å². The minimum atomic E-state index is -0.128. The van der Waals surface area contributed by atoms with Crippen molar-refractivity contribution in [1.82, 2.24) is 10.3 Å². The van der Waals surface area contributed by atoms with Gasteiger partial charge in [-0.1, -0.05) is 6.92 Å². The zero-order valence-corrected chi connectivity index (χ0v) is 10.0. The van der Waals surface area contributed by atoms with Crippen molar-refractivity contribution in [2.75, 3.05) is 0 Å². The van der Waals surface area contributed by atoms with Crippen molar-refractivity contribution < 1.29 is 9.21 Å². The second-order valence-corrected chi connectivity index (χ2v) is 4.74. The smallest absolute Gasteiger partial charge is 0.289 e. The highest BCUT2D eigenvalue weighted by Gasteiger charge is 2.25. The molecule has 1 fully saturated rings. The van der Waals surface area contributed by atoms with E-state index >= 15 is 0 Å². The largest absolute Gasteiger partial charge is 0.436 e. The number of amides is 1. The summed E-state index contributed by atoms with van der Waals surface area (Å²) in [5.41, 5.74) is 0.668. The molecule has 2 unspecified atom stereocenters. The third-order valence-corrected chi connectivity index (χ3v) is 3.14. The minimum absolute atomic E-state index is 0.128. The third kappa shape index (κ3) is 2.26. The summed E-state index contributed by atoms with van der Waals surface area (Å²) in [6.45, 7) is 5.76. The number of hydrogen-bond acceptors (Lipinski definition) is 3. The highest BCUT2D eigenvalue weighted by atomic mass is 16.4. The van der Waals surface area contributed by atoms with Crippen LogP contribution in [0, 0.1) is 19.8 Å². The van der Waals surface area contributed by atoms with Crippen LogP contribution < -0.4 is 5.32 Å². The molecule has 88 valence electrons. The van der Waals surface area contributed by atoms with Crippen LogP contribution in [0.5, 0.6) is 0 Å². The molecule has 1 amide bonds. The molecule has 0 saturated heterocycles. The number of aromatic nitrogens is 1. The van der Waals surface area contributed by atoms with E-state index in [1.165, 1.54) is 6.42 Å². The fourth-order valence-electron chi connectivity index (χ4n) is 2.33. The summed E-state index contributed by atoms with van der Waals surface area (Å²) in [4.78, 5) is 16.0. The standard InChI is InChI=1S/C12H18N2O2/c1-7-4-5-10(6-7)14-12(15)11-8(2)13-9(3)16-11/h7,10H,4-6H2,1-3H3,(H,14,15). The lowest BCUT2D eigenvalue weighted by atomic mass is 10.1. The van der Waals surface area contributed by atoms with Crippen molar-refractivity contribution in [3.63, 3.8) is 0 Å². The Morgan fingerprint density at radius 1 is 1.44 bits per heavy atom. The van der Waals surface area contributed by atoms with E-state index in [0.717, 1.165) is 12.8 Å². The molecular weight excluding hydrogens is 204 g/mol. The quantitative estimate of drug-likeness (QED) is 0.834. The van der Waals surface area contributed by atoms with Crippen LogP contribution in [0.15, 0.2) is 4.42 Å². The molecule has 0 aliphatic heterocycles. The normalized spacial score (nSPS) is 24.7. The van der Waals surface area contributed by atoms with Gasteiger partial charge in [0.25, 0.3) is 5.91 Å². The Balaban J connectivity index is 2.00. The number of rotatable bonds is 2. The molecular formula is C12H18N2O2. The molecule has 2 rings (SSSR count). The Kier molecular flexibility index (Phi) is 2.99. The molecule has 0 bridgehead atoms. The van der Waals surface area contributed by atoms with Crippen molar-refractivity contribution in [1.29, 1.82) is 0 Å². The van der Waals surface area contributed by atoms with Gasteiger partial charge in [-0.25, -0.2) is 4.98 Å². The summed E-state index contributed by atoms with van der Waals surface area (Å²) < 4.78 is 5.29. The van der Waals surface area contributed by atoms with Gasteiger partial charge in [0.2, 0.25) is 5.76 Å². The van der Waals surface area contributed by atoms with Crippen molar-refractivity contribution in [2.24, 2.45) is 5.92 Å². The Labute approximate surface area is 95.4 Å². The van der Waals surface area contributed by atoms with Crippen molar-refractivity contribution in [2.45, 2.75) is 46.1 Å². The predicted octanol–water partition coefficient (Wildman–Crippen LogP) is 2.21. The van der Waals surface area contributed by atoms with E-state index in [1.807, 2.05) is 0 Å². The van der Waals surface area contributed by atoms with Crippen LogP contribution in [0.3, 0.4) is 0 Å². The molecule has 1 aliphatic rings. The zero-order valence-electron chi connectivity index (χ0n) is 10.0. The Morgan fingerprint density at radius 2 is 2.19 bits per heavy atom. The Morgan fingerprint density at radius 3 is 2.69 bits per heavy atom. The van der Waals surface area contributed by atoms with Crippen LogP contribution in [0.2, 0.25) is 0 Å². The van der Waals surface area contributed by atoms with Crippen LogP contribution in [0.1, 0.15) is 48.3 Å². The molecule has 1 aromatic heterocycles. The molecule has 0 radical (unpaired) electrons. The summed E-state index contributed by atoms with van der Waals surface area (Å²) in [5, 5.41) is 3.01. The molecule has 0 spiro atoms. The highest BCUT2D eigenvalue weighted by molar-refractivity contribution is 5.92. The number of nitrogens with one attached hydrogen (secondary N) is 1. The van der Waals surface area contributed by atoms with Gasteiger partial charge in [0, 0.05) is 13.0 Å². The summed E-state index contributed by atoms with van der Waals surface area (Å²) in [6, 6.07) is 0.298. The molecule has 2 atom stereocenters. The summed E-state index contributed by atoms with van der Waals surface area (Å²) >= 11 is 0. The maximum absolute atomic E-state index is 11.9. The summed E-state index contributed by atoms with van der Waals surface area (Å²) in [5.74, 6) is 1.49. The first kappa shape index (κ1) is 11.2. The number of carbonyl (C=O) groups is 1. The van der Waals surface area contributed by atoms with Crippen LogP contribution in [-0.2, 0) is 0 Å². The molecule has 1 N–H and O–H groups in total. The van der Waals surface area contributed by atoms with Crippen LogP contribution >= 0.6 is 0 Å². The van der Waals surface area contributed by atoms with Gasteiger partial charge in [-0.3, -0.25) is 4.79 Å². The van der Waals surface area contributed by atoms with E-state index in [1.54, 1.807) is 13.8 Å². The predicted molar refractivity (Wildman–Crippen MR) is 60.2 cm³/mol. The first-order valence-electron chi connectivity index (χ1n) is 5.81. The molecule has 0 aromatic carbocycles. The summed E-state index contributed by atoms with van der Waals surface area (Å²) in [7, 11) is 0. The fraction of sp³-hybridized carbons (Fsp3) is 0.667. The van der Waals surface area contributed by atoms with Gasteiger partial charge in [-0.2, -0.15) is 0 Å². The maximum atomic E-state index is 11.9. The van der Waals surface area contributed by atoms with Crippen LogP contribution in [0.4, 0.5) is 0 Å². The minimum Gasteiger partial charge on any atom is -0.436 e. The lowest BCUT2D eigenvalue weighted by Gasteiger charge is -2.10. The fourth-order valence-corrected chi connectivity index (χ4v) is 2.33. The number of carbonyl (C=O) groups excluding carboxylic acids is 1. The van der Waals surface area contributed by atoms with E-state index in [0.29, 0.717) is 29.3 Å². The monoisotopic (exact) mass is 222 g/mol. The van der Waals surface area contributed by atoms with Gasteiger partial charge >= 0.3 is 0 Å². The average molecular weight is 222 g/mol. The molecule has 4 nitrogen and oxygen atoms in total. The van der Waals surface area contributed by atoms with Gasteiger partial charge in [0.15, 0.2) is 5.89 Å². The molecule has 16 heavy (non-hydrogen) atoms. The third-order valence-electron chi connectivity index (χ3n) is 3.14. The van der Waals surface area contributed by atoms with E-state index in [-0.39, 0.29) is 5.91 Å². The first-order chi connectivity index (χ1) is 7.56. The molecule has 4 heteroatoms. The number of oxazole rings is 1. The van der Waals surface area contributed by atoms with E-state index < -0.39 is 0 Å². The van der Waals surface area contributed by atoms with Crippen molar-refractivity contribution >= 4 is 5.91 Å². The van der Waals surface area contributed by atoms with Gasteiger partial charge in [-0.15, -0.1) is 0 Å². The number of nitrogens with zero attached hydrogens (tertiary/aromatic N) is 1. The molecule has 1 aromatic rings. The van der Waals surface area contributed by atoms with Gasteiger partial charge in [-0.05, 0) is 32.1 Å². The second-order valence-electron chi connectivity index (χ2n) is 4.74. The lowest BCUT2D eigenvalue weighted by Crippen LogP contribution is -2.33. The molecule has 1 aliphatic carbocycles. The van der Waals surface area contributed by atoms with Crippen molar-refractivity contribution in [3.05, 3.63) is 17.3 Å². The van der Waals surface area contributed by atoms with Gasteiger partial charge < -0.3 is 9.73 Å². The average Bonchev–Trinajstić information content (AvgIpc) is 2.73. The molecule has 1 saturated carbocycles. The molecule has 1 heterocycles. The van der Waals surface area contributed by atoms with E-state index in [4.69, 9.17) is 4.42 Å². The van der Waals surface area contributed by atoms with Crippen LogP contribution in [-0.4, -0.2) is 16.9 Å². The SMILES string of the molecule is Cc1nc(C)c(C(=O)NC2CCC(C)C2)o1. The van der Waals surface area contributed by atoms with Crippen LogP contribution in [0.25, 0.3) is 0 Å². The zero-order chi connectivity index (χ0) is 11.7. The first-order valence-corrected chi connectivity index (χ1v) is 5.81. The number of hydrogen-bond donors (Lipinski definition) is 1.